The highest BCUT2D eigenvalue weighted by Crippen LogP contribution is 2.29. The number of hydrazone groups is 1. The van der Waals surface area contributed by atoms with Crippen LogP contribution in [0.25, 0.3) is 0 Å². The molecule has 10 nitrogen and oxygen atoms in total. The van der Waals surface area contributed by atoms with E-state index in [1.54, 1.807) is 19.5 Å². The number of hydrazine groups is 2. The number of nitrogens with two attached hydrogens (primary N) is 1. The van der Waals surface area contributed by atoms with Crippen molar-refractivity contribution in [2.75, 3.05) is 46.1 Å². The summed E-state index contributed by atoms with van der Waals surface area (Å²) in [6, 6.07) is 3.00. The third kappa shape index (κ3) is 5.41. The quantitative estimate of drug-likeness (QED) is 0.442. The number of carbonyl (C=O) groups excluding carboxylic acids is 1. The van der Waals surface area contributed by atoms with Crippen LogP contribution in [0.3, 0.4) is 0 Å². The number of methoxy groups -OCH3 is 2. The topological polar surface area (TPSA) is 116 Å². The average molecular weight is 426 g/mol. The third-order valence-electron chi connectivity index (χ3n) is 5.14. The van der Waals surface area contributed by atoms with Gasteiger partial charge in [0.1, 0.15) is 12.1 Å². The van der Waals surface area contributed by atoms with Crippen molar-refractivity contribution in [1.29, 1.82) is 0 Å². The lowest BCUT2D eigenvalue weighted by Crippen LogP contribution is -2.55. The molecule has 0 spiro atoms. The molecule has 11 heteroatoms. The average Bonchev–Trinajstić information content (AvgIpc) is 3.24. The molecule has 2 heterocycles. The standard InChI is InChI=1S/C18H28ClN7O3/c1-28-16-9-14(20)13(19)8-12(16)18(27)23-15-4-7-25(10-17(15)29-2)5-3-6-26-22-11-21-24-26/h8-9,11,15,17,24H,3-7,10,20H2,1-2H3,(H,21,22)(H,23,27)/t15-,17+/m1/s1. The summed E-state index contributed by atoms with van der Waals surface area (Å²) in [6.45, 7) is 3.38. The van der Waals surface area contributed by atoms with Gasteiger partial charge in [0, 0.05) is 32.8 Å². The van der Waals surface area contributed by atoms with Crippen molar-refractivity contribution in [2.24, 2.45) is 5.10 Å². The Morgan fingerprint density at radius 2 is 2.24 bits per heavy atom. The molecule has 0 unspecified atom stereocenters. The summed E-state index contributed by atoms with van der Waals surface area (Å²) in [5, 5.41) is 9.09. The van der Waals surface area contributed by atoms with Crippen LogP contribution in [0, 0.1) is 0 Å². The number of amides is 1. The molecular weight excluding hydrogens is 398 g/mol. The van der Waals surface area contributed by atoms with Gasteiger partial charge in [-0.1, -0.05) is 11.6 Å². The molecule has 1 aromatic carbocycles. The van der Waals surface area contributed by atoms with E-state index in [-0.39, 0.29) is 18.1 Å². The van der Waals surface area contributed by atoms with Gasteiger partial charge in [-0.05, 0) is 25.5 Å². The highest BCUT2D eigenvalue weighted by Gasteiger charge is 2.31. The zero-order valence-electron chi connectivity index (χ0n) is 16.7. The number of rotatable bonds is 8. The Bertz CT molecular complexity index is 740. The molecule has 1 saturated heterocycles. The van der Waals surface area contributed by atoms with E-state index in [0.29, 0.717) is 22.0 Å². The van der Waals surface area contributed by atoms with Gasteiger partial charge in [-0.25, -0.2) is 5.53 Å². The van der Waals surface area contributed by atoms with Crippen LogP contribution in [0.1, 0.15) is 23.2 Å². The Kier molecular flexibility index (Phi) is 7.37. The van der Waals surface area contributed by atoms with Crippen molar-refractivity contribution in [1.82, 2.24) is 26.3 Å². The minimum Gasteiger partial charge on any atom is -0.496 e. The van der Waals surface area contributed by atoms with Crippen LogP contribution >= 0.6 is 11.6 Å². The molecule has 0 saturated carbocycles. The lowest BCUT2D eigenvalue weighted by molar-refractivity contribution is 0.00486. The zero-order valence-corrected chi connectivity index (χ0v) is 17.4. The largest absolute Gasteiger partial charge is 0.496 e. The van der Waals surface area contributed by atoms with Crippen molar-refractivity contribution in [2.45, 2.75) is 25.0 Å². The van der Waals surface area contributed by atoms with Gasteiger partial charge in [0.15, 0.2) is 0 Å². The van der Waals surface area contributed by atoms with Crippen LogP contribution in [0.4, 0.5) is 5.69 Å². The van der Waals surface area contributed by atoms with E-state index in [1.807, 2.05) is 5.12 Å². The summed E-state index contributed by atoms with van der Waals surface area (Å²) in [5.74, 6) is 0.138. The molecule has 0 aliphatic carbocycles. The fourth-order valence-corrected chi connectivity index (χ4v) is 3.71. The maximum atomic E-state index is 12.8. The minimum atomic E-state index is -0.254. The maximum Gasteiger partial charge on any atom is 0.255 e. The number of hydrogen-bond acceptors (Lipinski definition) is 9. The summed E-state index contributed by atoms with van der Waals surface area (Å²) < 4.78 is 10.9. The van der Waals surface area contributed by atoms with Crippen LogP contribution in [-0.4, -0.2) is 74.8 Å². The van der Waals surface area contributed by atoms with Gasteiger partial charge in [0.2, 0.25) is 0 Å². The van der Waals surface area contributed by atoms with E-state index >= 15 is 0 Å². The first kappa shape index (κ1) is 21.4. The van der Waals surface area contributed by atoms with E-state index in [9.17, 15) is 4.79 Å². The number of hydrogen-bond donors (Lipinski definition) is 4. The smallest absolute Gasteiger partial charge is 0.255 e. The fraction of sp³-hybridized carbons (Fsp3) is 0.556. The second-order valence-corrected chi connectivity index (χ2v) is 7.42. The first-order chi connectivity index (χ1) is 14.0. The van der Waals surface area contributed by atoms with Crippen molar-refractivity contribution >= 4 is 29.5 Å². The van der Waals surface area contributed by atoms with Gasteiger partial charge in [-0.2, -0.15) is 5.10 Å². The summed E-state index contributed by atoms with van der Waals surface area (Å²) in [7, 11) is 3.17. The third-order valence-corrected chi connectivity index (χ3v) is 5.47. The van der Waals surface area contributed by atoms with E-state index in [4.69, 9.17) is 26.8 Å². The summed E-state index contributed by atoms with van der Waals surface area (Å²) in [5.41, 5.74) is 12.4. The number of benzene rings is 1. The van der Waals surface area contributed by atoms with Crippen LogP contribution < -0.4 is 26.7 Å². The molecule has 0 aromatic heterocycles. The number of halogens is 1. The van der Waals surface area contributed by atoms with Crippen molar-refractivity contribution in [3.63, 3.8) is 0 Å². The summed E-state index contributed by atoms with van der Waals surface area (Å²) in [6.07, 6.45) is 3.27. The molecule has 2 aliphatic heterocycles. The van der Waals surface area contributed by atoms with E-state index < -0.39 is 0 Å². The van der Waals surface area contributed by atoms with Crippen LogP contribution in [0.15, 0.2) is 17.2 Å². The van der Waals surface area contributed by atoms with Gasteiger partial charge in [0.25, 0.3) is 5.91 Å². The molecule has 1 aromatic rings. The predicted molar refractivity (Wildman–Crippen MR) is 112 cm³/mol. The number of nitrogens with zero attached hydrogens (tertiary/aromatic N) is 3. The maximum absolute atomic E-state index is 12.8. The van der Waals surface area contributed by atoms with Crippen LogP contribution in [-0.2, 0) is 4.74 Å². The molecule has 1 fully saturated rings. The monoisotopic (exact) mass is 425 g/mol. The molecule has 3 rings (SSSR count). The zero-order chi connectivity index (χ0) is 20.8. The number of nitrogen functional groups attached to an aromatic ring is 1. The molecule has 0 bridgehead atoms. The molecule has 2 atom stereocenters. The van der Waals surface area contributed by atoms with Gasteiger partial charge >= 0.3 is 0 Å². The molecule has 29 heavy (non-hydrogen) atoms. The van der Waals surface area contributed by atoms with Gasteiger partial charge < -0.3 is 25.4 Å². The van der Waals surface area contributed by atoms with E-state index in [0.717, 1.165) is 39.0 Å². The molecular formula is C18H28ClN7O3. The van der Waals surface area contributed by atoms with Crippen molar-refractivity contribution < 1.29 is 14.3 Å². The lowest BCUT2D eigenvalue weighted by Gasteiger charge is -2.38. The number of anilines is 1. The minimum absolute atomic E-state index is 0.0971. The molecule has 160 valence electrons. The molecule has 5 N–H and O–H groups in total. The molecule has 1 amide bonds. The number of ether oxygens (including phenoxy) is 2. The van der Waals surface area contributed by atoms with Crippen LogP contribution in [0.2, 0.25) is 5.02 Å². The van der Waals surface area contributed by atoms with Gasteiger partial charge in [-0.15, -0.1) is 5.12 Å². The number of nitrogens with one attached hydrogen (secondary N) is 3. The van der Waals surface area contributed by atoms with Crippen LogP contribution in [0.5, 0.6) is 5.75 Å². The Morgan fingerprint density at radius 3 is 2.93 bits per heavy atom. The highest BCUT2D eigenvalue weighted by molar-refractivity contribution is 6.33. The van der Waals surface area contributed by atoms with Crippen molar-refractivity contribution in [3.8, 4) is 5.75 Å². The second-order valence-electron chi connectivity index (χ2n) is 7.01. The Hall–Kier alpha value is -2.27. The normalized spacial score (nSPS) is 22.2. The Morgan fingerprint density at radius 1 is 1.41 bits per heavy atom. The Balaban J connectivity index is 1.53. The second kappa shape index (κ2) is 9.97. The first-order valence-electron chi connectivity index (χ1n) is 9.51. The predicted octanol–water partition coefficient (Wildman–Crippen LogP) is 0.408. The summed E-state index contributed by atoms with van der Waals surface area (Å²) in [4.78, 5) is 15.2. The lowest BCUT2D eigenvalue weighted by atomic mass is 10.0. The number of piperidine rings is 1. The fourth-order valence-electron chi connectivity index (χ4n) is 3.54. The first-order valence-corrected chi connectivity index (χ1v) is 9.89. The van der Waals surface area contributed by atoms with Gasteiger partial charge in [-0.3, -0.25) is 10.2 Å². The van der Waals surface area contributed by atoms with Gasteiger partial charge in [0.05, 0.1) is 35.5 Å². The highest BCUT2D eigenvalue weighted by atomic mass is 35.5. The molecule has 0 radical (unpaired) electrons. The number of carbonyl (C=O) groups is 1. The molecule has 2 aliphatic rings. The van der Waals surface area contributed by atoms with E-state index in [1.165, 1.54) is 13.2 Å². The number of likely N-dealkylation sites (tertiary alicyclic amines) is 1. The van der Waals surface area contributed by atoms with E-state index in [2.05, 4.69) is 26.3 Å². The summed E-state index contributed by atoms with van der Waals surface area (Å²) >= 11 is 6.09. The SMILES string of the molecule is COc1cc(N)c(Cl)cc1C(=O)N[C@@H]1CCN(CCCN2NC=NN2)C[C@@H]1OC. The van der Waals surface area contributed by atoms with Crippen molar-refractivity contribution in [3.05, 3.63) is 22.7 Å². The Labute approximate surface area is 175 Å².